The molecule has 13 heavy (non-hydrogen) atoms. The van der Waals surface area contributed by atoms with Crippen LogP contribution in [0.1, 0.15) is 20.3 Å². The fraction of sp³-hybridized carbons (Fsp3) is 0.556. The van der Waals surface area contributed by atoms with Crippen LogP contribution in [0.5, 0.6) is 5.88 Å². The fourth-order valence-corrected chi connectivity index (χ4v) is 1.55. The van der Waals surface area contributed by atoms with Crippen LogP contribution in [-0.2, 0) is 0 Å². The van der Waals surface area contributed by atoms with Crippen LogP contribution in [0.15, 0.2) is 17.4 Å². The van der Waals surface area contributed by atoms with Gasteiger partial charge in [-0.25, -0.2) is 4.98 Å². The van der Waals surface area contributed by atoms with E-state index in [0.29, 0.717) is 11.1 Å². The molecule has 0 N–H and O–H groups in total. The highest BCUT2D eigenvalue weighted by Gasteiger charge is 2.04. The minimum atomic E-state index is 0.548. The van der Waals surface area contributed by atoms with Gasteiger partial charge in [-0.05, 0) is 6.42 Å². The maximum Gasteiger partial charge on any atom is 0.216 e. The molecule has 1 atom stereocenters. The Morgan fingerprint density at radius 2 is 2.38 bits per heavy atom. The number of rotatable bonds is 4. The van der Waals surface area contributed by atoms with E-state index in [1.54, 1.807) is 31.1 Å². The first-order valence-electron chi connectivity index (χ1n) is 4.30. The lowest BCUT2D eigenvalue weighted by Crippen LogP contribution is -1.97. The standard InChI is InChI=1S/C9H14N2OS/c1-4-7(2)13-9-10-6-5-8(11-9)12-3/h5-7H,4H2,1-3H3. The van der Waals surface area contributed by atoms with Crippen molar-refractivity contribution in [2.75, 3.05) is 7.11 Å². The Balaban J connectivity index is 2.66. The smallest absolute Gasteiger partial charge is 0.216 e. The van der Waals surface area contributed by atoms with Crippen molar-refractivity contribution < 1.29 is 4.74 Å². The van der Waals surface area contributed by atoms with E-state index in [0.717, 1.165) is 11.6 Å². The highest BCUT2D eigenvalue weighted by molar-refractivity contribution is 7.99. The molecule has 0 saturated carbocycles. The minimum Gasteiger partial charge on any atom is -0.481 e. The summed E-state index contributed by atoms with van der Waals surface area (Å²) in [6.45, 7) is 4.31. The Kier molecular flexibility index (Phi) is 4.02. The first kappa shape index (κ1) is 10.3. The zero-order valence-electron chi connectivity index (χ0n) is 8.15. The number of hydrogen-bond acceptors (Lipinski definition) is 4. The Bertz CT molecular complexity index is 268. The highest BCUT2D eigenvalue weighted by Crippen LogP contribution is 2.22. The monoisotopic (exact) mass is 198 g/mol. The lowest BCUT2D eigenvalue weighted by molar-refractivity contribution is 0.392. The molecule has 0 radical (unpaired) electrons. The molecule has 1 unspecified atom stereocenters. The van der Waals surface area contributed by atoms with Crippen molar-refractivity contribution in [1.82, 2.24) is 9.97 Å². The van der Waals surface area contributed by atoms with Crippen molar-refractivity contribution in [3.05, 3.63) is 12.3 Å². The van der Waals surface area contributed by atoms with E-state index in [9.17, 15) is 0 Å². The Morgan fingerprint density at radius 3 is 3.00 bits per heavy atom. The Labute approximate surface area is 82.9 Å². The second-order valence-electron chi connectivity index (χ2n) is 2.72. The van der Waals surface area contributed by atoms with Gasteiger partial charge in [0.25, 0.3) is 0 Å². The third-order valence-electron chi connectivity index (χ3n) is 1.70. The minimum absolute atomic E-state index is 0.548. The number of hydrogen-bond donors (Lipinski definition) is 0. The van der Waals surface area contributed by atoms with Crippen molar-refractivity contribution in [2.24, 2.45) is 0 Å². The van der Waals surface area contributed by atoms with Crippen LogP contribution >= 0.6 is 11.8 Å². The molecule has 0 bridgehead atoms. The summed E-state index contributed by atoms with van der Waals surface area (Å²) in [4.78, 5) is 8.36. The summed E-state index contributed by atoms with van der Waals surface area (Å²) >= 11 is 1.67. The van der Waals surface area contributed by atoms with Gasteiger partial charge in [0.1, 0.15) is 0 Å². The molecule has 3 nitrogen and oxygen atoms in total. The molecule has 0 aliphatic rings. The highest BCUT2D eigenvalue weighted by atomic mass is 32.2. The molecule has 1 aromatic heterocycles. The van der Waals surface area contributed by atoms with Crippen molar-refractivity contribution in [1.29, 1.82) is 0 Å². The molecule has 4 heteroatoms. The largest absolute Gasteiger partial charge is 0.481 e. The van der Waals surface area contributed by atoms with Crippen LogP contribution in [0.2, 0.25) is 0 Å². The molecule has 1 aromatic rings. The molecule has 0 aliphatic carbocycles. The molecule has 1 heterocycles. The van der Waals surface area contributed by atoms with E-state index in [1.165, 1.54) is 0 Å². The van der Waals surface area contributed by atoms with E-state index >= 15 is 0 Å². The Morgan fingerprint density at radius 1 is 1.62 bits per heavy atom. The third-order valence-corrected chi connectivity index (χ3v) is 2.84. The predicted octanol–water partition coefficient (Wildman–Crippen LogP) is 2.38. The van der Waals surface area contributed by atoms with Gasteiger partial charge in [0.15, 0.2) is 5.16 Å². The number of aromatic nitrogens is 2. The van der Waals surface area contributed by atoms with Gasteiger partial charge in [0.2, 0.25) is 5.88 Å². The lowest BCUT2D eigenvalue weighted by Gasteiger charge is -2.06. The summed E-state index contributed by atoms with van der Waals surface area (Å²) in [6, 6.07) is 1.75. The Hall–Kier alpha value is -0.770. The summed E-state index contributed by atoms with van der Waals surface area (Å²) in [7, 11) is 1.61. The van der Waals surface area contributed by atoms with E-state index in [4.69, 9.17) is 4.74 Å². The van der Waals surface area contributed by atoms with Gasteiger partial charge >= 0.3 is 0 Å². The number of ether oxygens (including phenoxy) is 1. The van der Waals surface area contributed by atoms with Crippen molar-refractivity contribution in [2.45, 2.75) is 30.7 Å². The lowest BCUT2D eigenvalue weighted by atomic mass is 10.4. The van der Waals surface area contributed by atoms with E-state index in [-0.39, 0.29) is 0 Å². The first-order chi connectivity index (χ1) is 6.26. The summed E-state index contributed by atoms with van der Waals surface area (Å²) in [5.74, 6) is 0.626. The van der Waals surface area contributed by atoms with Crippen LogP contribution in [0.4, 0.5) is 0 Å². The van der Waals surface area contributed by atoms with Gasteiger partial charge in [-0.15, -0.1) is 0 Å². The maximum absolute atomic E-state index is 5.01. The van der Waals surface area contributed by atoms with Gasteiger partial charge in [0.05, 0.1) is 7.11 Å². The molecule has 0 saturated heterocycles. The van der Waals surface area contributed by atoms with Gasteiger partial charge in [-0.1, -0.05) is 25.6 Å². The van der Waals surface area contributed by atoms with E-state index in [1.807, 2.05) is 0 Å². The van der Waals surface area contributed by atoms with Crippen LogP contribution < -0.4 is 4.74 Å². The zero-order valence-corrected chi connectivity index (χ0v) is 8.97. The van der Waals surface area contributed by atoms with Crippen molar-refractivity contribution in [3.8, 4) is 5.88 Å². The van der Waals surface area contributed by atoms with Crippen LogP contribution in [0.3, 0.4) is 0 Å². The van der Waals surface area contributed by atoms with Crippen molar-refractivity contribution in [3.63, 3.8) is 0 Å². The summed E-state index contributed by atoms with van der Waals surface area (Å²) in [5, 5.41) is 1.33. The summed E-state index contributed by atoms with van der Waals surface area (Å²) < 4.78 is 5.01. The molecule has 72 valence electrons. The summed E-state index contributed by atoms with van der Waals surface area (Å²) in [5.41, 5.74) is 0. The summed E-state index contributed by atoms with van der Waals surface area (Å²) in [6.07, 6.45) is 2.84. The number of methoxy groups -OCH3 is 1. The second-order valence-corrected chi connectivity index (χ2v) is 4.12. The molecule has 0 aliphatic heterocycles. The van der Waals surface area contributed by atoms with Crippen LogP contribution in [-0.4, -0.2) is 22.3 Å². The molecule has 0 spiro atoms. The van der Waals surface area contributed by atoms with Crippen molar-refractivity contribution >= 4 is 11.8 Å². The van der Waals surface area contributed by atoms with Gasteiger partial charge in [-0.3, -0.25) is 0 Å². The van der Waals surface area contributed by atoms with E-state index < -0.39 is 0 Å². The van der Waals surface area contributed by atoms with Crippen LogP contribution in [0.25, 0.3) is 0 Å². The first-order valence-corrected chi connectivity index (χ1v) is 5.18. The second kappa shape index (κ2) is 5.07. The number of thioether (sulfide) groups is 1. The molecule has 0 aromatic carbocycles. The molecule has 1 rings (SSSR count). The topological polar surface area (TPSA) is 35.0 Å². The SMILES string of the molecule is CCC(C)Sc1nccc(OC)n1. The van der Waals surface area contributed by atoms with Gasteiger partial charge in [0, 0.05) is 17.5 Å². The van der Waals surface area contributed by atoms with Gasteiger partial charge < -0.3 is 4.74 Å². The third kappa shape index (κ3) is 3.22. The number of nitrogens with zero attached hydrogens (tertiary/aromatic N) is 2. The predicted molar refractivity (Wildman–Crippen MR) is 54.2 cm³/mol. The maximum atomic E-state index is 5.01. The normalized spacial score (nSPS) is 12.5. The fourth-order valence-electron chi connectivity index (χ4n) is 0.759. The molecular formula is C9H14N2OS. The zero-order chi connectivity index (χ0) is 9.68. The molecule has 0 fully saturated rings. The average Bonchev–Trinajstić information content (AvgIpc) is 2.18. The molecular weight excluding hydrogens is 184 g/mol. The van der Waals surface area contributed by atoms with Gasteiger partial charge in [-0.2, -0.15) is 4.98 Å². The quantitative estimate of drug-likeness (QED) is 0.549. The molecule has 0 amide bonds. The van der Waals surface area contributed by atoms with Crippen LogP contribution in [0, 0.1) is 0 Å². The van der Waals surface area contributed by atoms with E-state index in [2.05, 4.69) is 23.8 Å². The average molecular weight is 198 g/mol.